The molecule has 1 unspecified atom stereocenters. The summed E-state index contributed by atoms with van der Waals surface area (Å²) in [6, 6.07) is 0.733. The second-order valence-electron chi connectivity index (χ2n) is 3.81. The molecule has 0 saturated carbocycles. The molecule has 0 spiro atoms. The van der Waals surface area contributed by atoms with Crippen molar-refractivity contribution in [2.24, 2.45) is 0 Å². The Balaban J connectivity index is 1.79. The predicted molar refractivity (Wildman–Crippen MR) is 43.5 cm³/mol. The highest BCUT2D eigenvalue weighted by molar-refractivity contribution is 4.90. The smallest absolute Gasteiger partial charge is 0.0679 e. The van der Waals surface area contributed by atoms with Gasteiger partial charge in [-0.05, 0) is 13.5 Å². The van der Waals surface area contributed by atoms with Gasteiger partial charge in [-0.2, -0.15) is 0 Å². The molecule has 3 heteroatoms. The molecule has 3 nitrogen and oxygen atoms in total. The van der Waals surface area contributed by atoms with Gasteiger partial charge in [0.15, 0.2) is 0 Å². The highest BCUT2D eigenvalue weighted by Gasteiger charge is 2.33. The van der Waals surface area contributed by atoms with Gasteiger partial charge in [-0.3, -0.25) is 4.90 Å². The Morgan fingerprint density at radius 2 is 2.00 bits per heavy atom. The van der Waals surface area contributed by atoms with Crippen LogP contribution in [0.5, 0.6) is 0 Å². The Labute approximate surface area is 67.6 Å². The van der Waals surface area contributed by atoms with Crippen LogP contribution in [0.2, 0.25) is 0 Å². The predicted octanol–water partition coefficient (Wildman–Crippen LogP) is -0.633. The first-order chi connectivity index (χ1) is 5.25. The zero-order valence-electron chi connectivity index (χ0n) is 7.03. The van der Waals surface area contributed by atoms with E-state index in [9.17, 15) is 5.11 Å². The Hall–Kier alpha value is -0.120. The van der Waals surface area contributed by atoms with Gasteiger partial charge in [0.1, 0.15) is 0 Å². The molecule has 0 amide bonds. The van der Waals surface area contributed by atoms with Crippen molar-refractivity contribution >= 4 is 0 Å². The van der Waals surface area contributed by atoms with Gasteiger partial charge >= 0.3 is 0 Å². The Morgan fingerprint density at radius 3 is 2.45 bits per heavy atom. The SMILES string of the molecule is CN1CC(N2CCC(O)C2)C1. The quantitative estimate of drug-likeness (QED) is 0.547. The van der Waals surface area contributed by atoms with Crippen LogP contribution in [0.4, 0.5) is 0 Å². The lowest BCUT2D eigenvalue weighted by molar-refractivity contribution is 0.0585. The molecule has 1 atom stereocenters. The minimum Gasteiger partial charge on any atom is -0.392 e. The lowest BCUT2D eigenvalue weighted by Crippen LogP contribution is -2.57. The number of likely N-dealkylation sites (tertiary alicyclic amines) is 2. The Kier molecular flexibility index (Phi) is 1.87. The topological polar surface area (TPSA) is 26.7 Å². The van der Waals surface area contributed by atoms with E-state index in [1.54, 1.807) is 0 Å². The molecule has 0 aromatic carbocycles. The molecule has 2 fully saturated rings. The van der Waals surface area contributed by atoms with Crippen LogP contribution in [0.25, 0.3) is 0 Å². The van der Waals surface area contributed by atoms with E-state index < -0.39 is 0 Å². The lowest BCUT2D eigenvalue weighted by Gasteiger charge is -2.41. The summed E-state index contributed by atoms with van der Waals surface area (Å²) >= 11 is 0. The number of β-amino-alcohol motifs (C(OH)–C–C–N with tert-alkyl or cyclic N) is 1. The van der Waals surface area contributed by atoms with Crippen LogP contribution >= 0.6 is 0 Å². The second-order valence-corrected chi connectivity index (χ2v) is 3.81. The van der Waals surface area contributed by atoms with Crippen LogP contribution in [0.15, 0.2) is 0 Å². The molecule has 11 heavy (non-hydrogen) atoms. The first kappa shape index (κ1) is 7.53. The summed E-state index contributed by atoms with van der Waals surface area (Å²) < 4.78 is 0. The van der Waals surface area contributed by atoms with Crippen LogP contribution in [0.1, 0.15) is 6.42 Å². The molecule has 0 aromatic heterocycles. The third-order valence-electron chi connectivity index (χ3n) is 2.76. The summed E-state index contributed by atoms with van der Waals surface area (Å²) in [5, 5.41) is 9.28. The van der Waals surface area contributed by atoms with E-state index in [1.165, 1.54) is 13.1 Å². The Morgan fingerprint density at radius 1 is 1.27 bits per heavy atom. The normalized spacial score (nSPS) is 36.0. The minimum atomic E-state index is -0.0547. The molecule has 0 aromatic rings. The van der Waals surface area contributed by atoms with Crippen molar-refractivity contribution in [3.05, 3.63) is 0 Å². The molecule has 0 radical (unpaired) electrons. The highest BCUT2D eigenvalue weighted by atomic mass is 16.3. The van der Waals surface area contributed by atoms with Crippen molar-refractivity contribution < 1.29 is 5.11 Å². The van der Waals surface area contributed by atoms with Crippen LogP contribution in [-0.2, 0) is 0 Å². The number of aliphatic hydroxyl groups excluding tert-OH is 1. The highest BCUT2D eigenvalue weighted by Crippen LogP contribution is 2.18. The van der Waals surface area contributed by atoms with E-state index in [1.807, 2.05) is 0 Å². The fraction of sp³-hybridized carbons (Fsp3) is 1.00. The summed E-state index contributed by atoms with van der Waals surface area (Å²) in [6.45, 7) is 4.37. The minimum absolute atomic E-state index is 0.0547. The van der Waals surface area contributed by atoms with Gasteiger partial charge in [-0.15, -0.1) is 0 Å². The van der Waals surface area contributed by atoms with E-state index in [0.29, 0.717) is 0 Å². The van der Waals surface area contributed by atoms with Crippen molar-refractivity contribution in [3.8, 4) is 0 Å². The number of hydrogen-bond donors (Lipinski definition) is 1. The van der Waals surface area contributed by atoms with Crippen LogP contribution in [0, 0.1) is 0 Å². The fourth-order valence-corrected chi connectivity index (χ4v) is 2.00. The van der Waals surface area contributed by atoms with Gasteiger partial charge in [-0.25, -0.2) is 0 Å². The van der Waals surface area contributed by atoms with E-state index in [0.717, 1.165) is 25.6 Å². The molecule has 2 heterocycles. The summed E-state index contributed by atoms with van der Waals surface area (Å²) in [6.07, 6.45) is 0.918. The maximum absolute atomic E-state index is 9.28. The maximum atomic E-state index is 9.28. The standard InChI is InChI=1S/C8H16N2O/c1-9-4-7(5-9)10-3-2-8(11)6-10/h7-8,11H,2-6H2,1H3. The third-order valence-corrected chi connectivity index (χ3v) is 2.76. The maximum Gasteiger partial charge on any atom is 0.0679 e. The zero-order valence-corrected chi connectivity index (χ0v) is 7.03. The van der Waals surface area contributed by atoms with Gasteiger partial charge < -0.3 is 10.0 Å². The van der Waals surface area contributed by atoms with Crippen LogP contribution in [0.3, 0.4) is 0 Å². The molecule has 2 saturated heterocycles. The van der Waals surface area contributed by atoms with Crippen molar-refractivity contribution in [1.82, 2.24) is 9.80 Å². The molecule has 2 rings (SSSR count). The Bertz CT molecular complexity index is 145. The van der Waals surface area contributed by atoms with Crippen molar-refractivity contribution in [2.45, 2.75) is 18.6 Å². The van der Waals surface area contributed by atoms with Crippen molar-refractivity contribution in [3.63, 3.8) is 0 Å². The van der Waals surface area contributed by atoms with Crippen molar-refractivity contribution in [2.75, 3.05) is 33.2 Å². The van der Waals surface area contributed by atoms with E-state index in [2.05, 4.69) is 16.8 Å². The first-order valence-electron chi connectivity index (χ1n) is 4.36. The molecule has 1 N–H and O–H groups in total. The molecule has 0 bridgehead atoms. The summed E-state index contributed by atoms with van der Waals surface area (Å²) in [7, 11) is 2.14. The molecular formula is C8H16N2O. The van der Waals surface area contributed by atoms with E-state index in [-0.39, 0.29) is 6.10 Å². The van der Waals surface area contributed by atoms with Gasteiger partial charge in [0, 0.05) is 32.2 Å². The number of nitrogens with zero attached hydrogens (tertiary/aromatic N) is 2. The van der Waals surface area contributed by atoms with Gasteiger partial charge in [0.05, 0.1) is 6.10 Å². The molecular weight excluding hydrogens is 140 g/mol. The largest absolute Gasteiger partial charge is 0.392 e. The van der Waals surface area contributed by atoms with Gasteiger partial charge in [0.25, 0.3) is 0 Å². The number of hydrogen-bond acceptors (Lipinski definition) is 3. The third kappa shape index (κ3) is 1.41. The van der Waals surface area contributed by atoms with Crippen molar-refractivity contribution in [1.29, 1.82) is 0 Å². The second kappa shape index (κ2) is 2.73. The molecule has 2 aliphatic heterocycles. The monoisotopic (exact) mass is 156 g/mol. The van der Waals surface area contributed by atoms with E-state index in [4.69, 9.17) is 0 Å². The van der Waals surface area contributed by atoms with Gasteiger partial charge in [0.2, 0.25) is 0 Å². The fourth-order valence-electron chi connectivity index (χ4n) is 2.00. The number of likely N-dealkylation sites (N-methyl/N-ethyl adjacent to an activating group) is 1. The number of aliphatic hydroxyl groups is 1. The summed E-state index contributed by atoms with van der Waals surface area (Å²) in [5.74, 6) is 0. The zero-order chi connectivity index (χ0) is 7.84. The van der Waals surface area contributed by atoms with Crippen LogP contribution in [-0.4, -0.2) is 60.3 Å². The summed E-state index contributed by atoms with van der Waals surface area (Å²) in [4.78, 5) is 4.72. The average Bonchev–Trinajstić information content (AvgIpc) is 2.29. The van der Waals surface area contributed by atoms with E-state index >= 15 is 0 Å². The van der Waals surface area contributed by atoms with Gasteiger partial charge in [-0.1, -0.05) is 0 Å². The summed E-state index contributed by atoms with van der Waals surface area (Å²) in [5.41, 5.74) is 0. The van der Waals surface area contributed by atoms with Crippen LogP contribution < -0.4 is 0 Å². The molecule has 64 valence electrons. The molecule has 2 aliphatic rings. The number of rotatable bonds is 1. The lowest BCUT2D eigenvalue weighted by atomic mass is 10.1. The first-order valence-corrected chi connectivity index (χ1v) is 4.36. The average molecular weight is 156 g/mol. The molecule has 0 aliphatic carbocycles.